The lowest BCUT2D eigenvalue weighted by Gasteiger charge is -2.40. The summed E-state index contributed by atoms with van der Waals surface area (Å²) in [6, 6.07) is 6.90. The molecule has 0 saturated carbocycles. The van der Waals surface area contributed by atoms with E-state index < -0.39 is 0 Å². The second-order valence-electron chi connectivity index (χ2n) is 8.06. The number of benzene rings is 1. The number of rotatable bonds is 2. The number of imide groups is 1. The molecule has 1 saturated heterocycles. The second kappa shape index (κ2) is 5.81. The van der Waals surface area contributed by atoms with E-state index in [1.807, 2.05) is 0 Å². The lowest BCUT2D eigenvalue weighted by Crippen LogP contribution is -2.44. The van der Waals surface area contributed by atoms with Crippen molar-refractivity contribution in [3.8, 4) is 0 Å². The number of carbonyl (C=O) groups is 2. The summed E-state index contributed by atoms with van der Waals surface area (Å²) in [4.78, 5) is 29.2. The predicted molar refractivity (Wildman–Crippen MR) is 100 cm³/mol. The first-order valence-electron chi connectivity index (χ1n) is 9.42. The number of hydrogen-bond donors (Lipinski definition) is 2. The Morgan fingerprint density at radius 1 is 1.15 bits per heavy atom. The van der Waals surface area contributed by atoms with E-state index in [0.29, 0.717) is 24.8 Å². The number of likely N-dealkylation sites (N-methyl/N-ethyl adjacent to an activating group) is 1. The fourth-order valence-electron chi connectivity index (χ4n) is 5.14. The van der Waals surface area contributed by atoms with Crippen LogP contribution >= 0.6 is 0 Å². The highest BCUT2D eigenvalue weighted by Gasteiger charge is 2.35. The van der Waals surface area contributed by atoms with Crippen molar-refractivity contribution in [2.75, 3.05) is 13.6 Å². The van der Waals surface area contributed by atoms with Crippen LogP contribution in [-0.2, 0) is 16.0 Å². The van der Waals surface area contributed by atoms with Crippen molar-refractivity contribution >= 4 is 28.3 Å². The van der Waals surface area contributed by atoms with Crippen LogP contribution in [0.25, 0.3) is 16.5 Å². The zero-order valence-corrected chi connectivity index (χ0v) is 14.9. The van der Waals surface area contributed by atoms with Crippen LogP contribution in [0.5, 0.6) is 0 Å². The Balaban J connectivity index is 1.48. The van der Waals surface area contributed by atoms with Crippen molar-refractivity contribution in [2.24, 2.45) is 11.8 Å². The van der Waals surface area contributed by atoms with Crippen molar-refractivity contribution in [3.63, 3.8) is 0 Å². The molecule has 5 rings (SSSR count). The minimum atomic E-state index is -0.125. The number of amides is 2. The first kappa shape index (κ1) is 15.8. The Kier molecular flexibility index (Phi) is 3.54. The summed E-state index contributed by atoms with van der Waals surface area (Å²) >= 11 is 0. The SMILES string of the molecule is CN1CC(CC2CC(=O)NC(=O)C2)C=C2c3cccc4[nH]cc(c34)C[C@H]21. The molecular weight excluding hydrogens is 326 g/mol. The Hall–Kier alpha value is -2.40. The third-order valence-electron chi connectivity index (χ3n) is 6.20. The van der Waals surface area contributed by atoms with Gasteiger partial charge in [0, 0.05) is 42.5 Å². The summed E-state index contributed by atoms with van der Waals surface area (Å²) < 4.78 is 0. The molecule has 1 aromatic heterocycles. The van der Waals surface area contributed by atoms with E-state index >= 15 is 0 Å². The highest BCUT2D eigenvalue weighted by atomic mass is 16.2. The van der Waals surface area contributed by atoms with E-state index in [-0.39, 0.29) is 17.7 Å². The van der Waals surface area contributed by atoms with Gasteiger partial charge in [0.05, 0.1) is 0 Å². The standard InChI is InChI=1S/C21H23N3O2/c1-24-11-13(5-12-7-19(25)23-20(26)8-12)6-16-15-3-2-4-17-21(15)14(10-22-17)9-18(16)24/h2-4,6,10,12-13,18,22H,5,7-9,11H2,1H3,(H,23,25,26)/t13?,18-/m1/s1. The molecule has 26 heavy (non-hydrogen) atoms. The summed E-state index contributed by atoms with van der Waals surface area (Å²) in [5.41, 5.74) is 5.35. The molecule has 2 atom stereocenters. The normalized spacial score (nSPS) is 26.6. The molecule has 3 aliphatic rings. The molecule has 0 spiro atoms. The van der Waals surface area contributed by atoms with Crippen LogP contribution < -0.4 is 5.32 Å². The van der Waals surface area contributed by atoms with Crippen molar-refractivity contribution < 1.29 is 9.59 Å². The van der Waals surface area contributed by atoms with Gasteiger partial charge in [-0.2, -0.15) is 0 Å². The molecular formula is C21H23N3O2. The van der Waals surface area contributed by atoms with Crippen molar-refractivity contribution in [1.82, 2.24) is 15.2 Å². The number of carbonyl (C=O) groups excluding carboxylic acids is 2. The van der Waals surface area contributed by atoms with Crippen LogP contribution in [0.4, 0.5) is 0 Å². The van der Waals surface area contributed by atoms with Gasteiger partial charge in [-0.1, -0.05) is 18.2 Å². The molecule has 134 valence electrons. The van der Waals surface area contributed by atoms with E-state index in [0.717, 1.165) is 19.4 Å². The van der Waals surface area contributed by atoms with Crippen molar-refractivity contribution in [1.29, 1.82) is 0 Å². The van der Waals surface area contributed by atoms with Gasteiger partial charge < -0.3 is 4.98 Å². The van der Waals surface area contributed by atoms with Gasteiger partial charge in [0.1, 0.15) is 0 Å². The molecule has 1 aliphatic carbocycles. The first-order valence-corrected chi connectivity index (χ1v) is 9.42. The van der Waals surface area contributed by atoms with Crippen LogP contribution in [0, 0.1) is 11.8 Å². The van der Waals surface area contributed by atoms with Gasteiger partial charge in [0.15, 0.2) is 0 Å². The van der Waals surface area contributed by atoms with Gasteiger partial charge in [-0.15, -0.1) is 0 Å². The molecule has 0 bridgehead atoms. The van der Waals surface area contributed by atoms with Gasteiger partial charge in [-0.25, -0.2) is 0 Å². The fourth-order valence-corrected chi connectivity index (χ4v) is 5.14. The van der Waals surface area contributed by atoms with E-state index in [1.165, 1.54) is 27.6 Å². The molecule has 3 heterocycles. The van der Waals surface area contributed by atoms with Gasteiger partial charge >= 0.3 is 0 Å². The minimum absolute atomic E-state index is 0.125. The number of H-pyrrole nitrogens is 1. The van der Waals surface area contributed by atoms with Crippen LogP contribution in [0.3, 0.4) is 0 Å². The molecule has 1 fully saturated rings. The highest BCUT2D eigenvalue weighted by molar-refractivity contribution is 5.99. The molecule has 1 unspecified atom stereocenters. The van der Waals surface area contributed by atoms with Crippen molar-refractivity contribution in [2.45, 2.75) is 31.7 Å². The highest BCUT2D eigenvalue weighted by Crippen LogP contribution is 2.41. The summed E-state index contributed by atoms with van der Waals surface area (Å²) in [7, 11) is 2.20. The van der Waals surface area contributed by atoms with E-state index in [9.17, 15) is 9.59 Å². The summed E-state index contributed by atoms with van der Waals surface area (Å²) in [6.45, 7) is 0.982. The van der Waals surface area contributed by atoms with Crippen LogP contribution in [0.1, 0.15) is 30.4 Å². The third-order valence-corrected chi connectivity index (χ3v) is 6.20. The quantitative estimate of drug-likeness (QED) is 0.819. The number of nitrogens with one attached hydrogen (secondary N) is 2. The maximum atomic E-state index is 11.7. The van der Waals surface area contributed by atoms with Gasteiger partial charge in [-0.05, 0) is 54.5 Å². The first-order chi connectivity index (χ1) is 12.6. The molecule has 0 radical (unpaired) electrons. The van der Waals surface area contributed by atoms with Crippen LogP contribution in [0.15, 0.2) is 30.5 Å². The summed E-state index contributed by atoms with van der Waals surface area (Å²) in [6.07, 6.45) is 7.45. The molecule has 5 heteroatoms. The number of hydrogen-bond acceptors (Lipinski definition) is 3. The summed E-state index contributed by atoms with van der Waals surface area (Å²) in [5, 5.41) is 3.77. The Morgan fingerprint density at radius 3 is 2.77 bits per heavy atom. The maximum Gasteiger partial charge on any atom is 0.226 e. The largest absolute Gasteiger partial charge is 0.361 e. The topological polar surface area (TPSA) is 65.2 Å². The van der Waals surface area contributed by atoms with E-state index in [4.69, 9.17) is 0 Å². The molecule has 5 nitrogen and oxygen atoms in total. The van der Waals surface area contributed by atoms with E-state index in [1.54, 1.807) is 0 Å². The number of aromatic nitrogens is 1. The monoisotopic (exact) mass is 349 g/mol. The smallest absolute Gasteiger partial charge is 0.226 e. The number of aromatic amines is 1. The Labute approximate surface area is 152 Å². The summed E-state index contributed by atoms with van der Waals surface area (Å²) in [5.74, 6) is 0.289. The number of fused-ring (bicyclic) bond motifs is 2. The molecule has 2 aromatic rings. The second-order valence-corrected chi connectivity index (χ2v) is 8.06. The number of piperidine rings is 1. The average Bonchev–Trinajstić information content (AvgIpc) is 3.00. The van der Waals surface area contributed by atoms with Gasteiger partial charge in [-0.3, -0.25) is 19.8 Å². The van der Waals surface area contributed by atoms with Crippen molar-refractivity contribution in [3.05, 3.63) is 41.6 Å². The lowest BCUT2D eigenvalue weighted by atomic mass is 9.77. The fraction of sp³-hybridized carbons (Fsp3) is 0.429. The van der Waals surface area contributed by atoms with Crippen LogP contribution in [0.2, 0.25) is 0 Å². The third kappa shape index (κ3) is 2.50. The Morgan fingerprint density at radius 2 is 1.96 bits per heavy atom. The van der Waals surface area contributed by atoms with Gasteiger partial charge in [0.25, 0.3) is 0 Å². The molecule has 1 aromatic carbocycles. The zero-order valence-electron chi connectivity index (χ0n) is 14.9. The molecule has 2 aliphatic heterocycles. The molecule has 2 amide bonds. The minimum Gasteiger partial charge on any atom is -0.361 e. The molecule has 2 N–H and O–H groups in total. The zero-order chi connectivity index (χ0) is 17.8. The maximum absolute atomic E-state index is 11.7. The number of nitrogens with zero attached hydrogens (tertiary/aromatic N) is 1. The lowest BCUT2D eigenvalue weighted by molar-refractivity contribution is -0.135. The van der Waals surface area contributed by atoms with Crippen LogP contribution in [-0.4, -0.2) is 41.3 Å². The average molecular weight is 349 g/mol. The Bertz CT molecular complexity index is 926. The van der Waals surface area contributed by atoms with Gasteiger partial charge in [0.2, 0.25) is 11.8 Å². The predicted octanol–water partition coefficient (Wildman–Crippen LogP) is 2.48. The van der Waals surface area contributed by atoms with E-state index in [2.05, 4.69) is 52.7 Å².